The van der Waals surface area contributed by atoms with E-state index in [1.807, 2.05) is 0 Å². The van der Waals surface area contributed by atoms with E-state index in [0.29, 0.717) is 29.6 Å². The van der Waals surface area contributed by atoms with Gasteiger partial charge in [0, 0.05) is 19.6 Å². The Balaban J connectivity index is 1.34. The highest BCUT2D eigenvalue weighted by molar-refractivity contribution is 7.89. The van der Waals surface area contributed by atoms with Crippen molar-refractivity contribution >= 4 is 32.5 Å². The molecule has 2 aromatic heterocycles. The van der Waals surface area contributed by atoms with Gasteiger partial charge in [-0.1, -0.05) is 24.3 Å². The highest BCUT2D eigenvalue weighted by atomic mass is 32.2. The number of fused-ring (bicyclic) bond motifs is 3. The molecule has 1 aliphatic heterocycles. The van der Waals surface area contributed by atoms with Crippen LogP contribution in [0.3, 0.4) is 0 Å². The molecule has 1 fully saturated rings. The number of carbonyl (C=O) groups excluding carboxylic acids is 1. The lowest BCUT2D eigenvalue weighted by Crippen LogP contribution is -2.28. The molecule has 0 aliphatic carbocycles. The van der Waals surface area contributed by atoms with Gasteiger partial charge in [-0.3, -0.25) is 9.59 Å². The highest BCUT2D eigenvalue weighted by Crippen LogP contribution is 2.21. The molecule has 0 unspecified atom stereocenters. The largest absolute Gasteiger partial charge is 0.348 e. The number of amides is 1. The third kappa shape index (κ3) is 3.47. The quantitative estimate of drug-likeness (QED) is 0.481. The number of nitrogens with one attached hydrogen (secondary N) is 2. The summed E-state index contributed by atoms with van der Waals surface area (Å²) in [5, 5.41) is 7.54. The van der Waals surface area contributed by atoms with Crippen molar-refractivity contribution in [2.24, 2.45) is 0 Å². The van der Waals surface area contributed by atoms with E-state index in [2.05, 4.69) is 15.4 Å². The van der Waals surface area contributed by atoms with Gasteiger partial charge in [-0.05, 0) is 42.7 Å². The first-order valence-corrected chi connectivity index (χ1v) is 11.8. The zero-order valence-corrected chi connectivity index (χ0v) is 17.9. The van der Waals surface area contributed by atoms with E-state index < -0.39 is 10.0 Å². The standard InChI is InChI=1S/C22H21N5O4S/c28-21(18-14-24-27-19-6-2-1-5-17(19)22(29)25-20(18)27)23-13-15-7-9-16(10-8-15)32(30,31)26-11-3-4-12-26/h1-2,5-10,14H,3-4,11-13H2,(H,23,28)(H,25,29). The molecule has 5 rings (SSSR count). The topological polar surface area (TPSA) is 117 Å². The van der Waals surface area contributed by atoms with Crippen LogP contribution in [0.5, 0.6) is 0 Å². The maximum absolute atomic E-state index is 12.8. The number of aromatic nitrogens is 3. The van der Waals surface area contributed by atoms with Crippen LogP contribution in [0.25, 0.3) is 16.6 Å². The molecular weight excluding hydrogens is 430 g/mol. The van der Waals surface area contributed by atoms with Gasteiger partial charge in [0.25, 0.3) is 11.5 Å². The molecule has 3 heterocycles. The highest BCUT2D eigenvalue weighted by Gasteiger charge is 2.27. The molecule has 9 nitrogen and oxygen atoms in total. The number of aromatic amines is 1. The van der Waals surface area contributed by atoms with Crippen molar-refractivity contribution in [2.45, 2.75) is 24.3 Å². The van der Waals surface area contributed by atoms with E-state index in [9.17, 15) is 18.0 Å². The molecule has 2 N–H and O–H groups in total. The molecule has 10 heteroatoms. The van der Waals surface area contributed by atoms with Gasteiger partial charge in [-0.2, -0.15) is 9.40 Å². The van der Waals surface area contributed by atoms with E-state index in [4.69, 9.17) is 0 Å². The molecular formula is C22H21N5O4S. The zero-order chi connectivity index (χ0) is 22.3. The Morgan fingerprint density at radius 2 is 1.78 bits per heavy atom. The van der Waals surface area contributed by atoms with Crippen LogP contribution < -0.4 is 10.9 Å². The summed E-state index contributed by atoms with van der Waals surface area (Å²) in [7, 11) is -3.47. The molecule has 0 spiro atoms. The Labute approximate surface area is 183 Å². The lowest BCUT2D eigenvalue weighted by molar-refractivity contribution is 0.0952. The molecule has 164 valence electrons. The Morgan fingerprint density at radius 3 is 2.53 bits per heavy atom. The molecule has 2 aromatic carbocycles. The van der Waals surface area contributed by atoms with E-state index >= 15 is 0 Å². The van der Waals surface area contributed by atoms with Crippen LogP contribution in [0, 0.1) is 0 Å². The van der Waals surface area contributed by atoms with Crippen LogP contribution in [0.4, 0.5) is 0 Å². The lowest BCUT2D eigenvalue weighted by atomic mass is 10.2. The lowest BCUT2D eigenvalue weighted by Gasteiger charge is -2.15. The number of sulfonamides is 1. The minimum atomic E-state index is -3.47. The van der Waals surface area contributed by atoms with Crippen LogP contribution in [0.1, 0.15) is 28.8 Å². The number of benzene rings is 2. The van der Waals surface area contributed by atoms with Crippen LogP contribution in [0.15, 0.2) is 64.4 Å². The summed E-state index contributed by atoms with van der Waals surface area (Å²) in [6.45, 7) is 1.31. The fourth-order valence-electron chi connectivity index (χ4n) is 3.98. The molecule has 0 saturated carbocycles. The average molecular weight is 452 g/mol. The smallest absolute Gasteiger partial charge is 0.259 e. The van der Waals surface area contributed by atoms with Crippen molar-refractivity contribution < 1.29 is 13.2 Å². The Hall–Kier alpha value is -3.50. The maximum Gasteiger partial charge on any atom is 0.259 e. The SMILES string of the molecule is O=C(NCc1ccc(S(=O)(=O)N2CCCC2)cc1)c1cnn2c1[nH]c(=O)c1ccccc12. The first kappa shape index (κ1) is 20.4. The number of carbonyl (C=O) groups is 1. The summed E-state index contributed by atoms with van der Waals surface area (Å²) in [5.74, 6) is -0.389. The van der Waals surface area contributed by atoms with Crippen molar-refractivity contribution in [3.63, 3.8) is 0 Å². The van der Waals surface area contributed by atoms with E-state index in [0.717, 1.165) is 18.4 Å². The molecule has 0 atom stereocenters. The van der Waals surface area contributed by atoms with Gasteiger partial charge in [0.2, 0.25) is 10.0 Å². The Kier molecular flexibility index (Phi) is 5.03. The summed E-state index contributed by atoms with van der Waals surface area (Å²) >= 11 is 0. The number of nitrogens with zero attached hydrogens (tertiary/aromatic N) is 3. The normalized spacial score (nSPS) is 14.9. The molecule has 1 aliphatic rings. The Morgan fingerprint density at radius 1 is 1.06 bits per heavy atom. The number of H-pyrrole nitrogens is 1. The second kappa shape index (κ2) is 7.88. The summed E-state index contributed by atoms with van der Waals surface area (Å²) in [4.78, 5) is 28.1. The summed E-state index contributed by atoms with van der Waals surface area (Å²) in [5.41, 5.74) is 1.64. The monoisotopic (exact) mass is 451 g/mol. The van der Waals surface area contributed by atoms with E-state index in [1.165, 1.54) is 15.0 Å². The number of para-hydroxylation sites is 1. The Bertz CT molecular complexity index is 1480. The second-order valence-electron chi connectivity index (χ2n) is 7.73. The number of hydrogen-bond acceptors (Lipinski definition) is 5. The van der Waals surface area contributed by atoms with E-state index in [-0.39, 0.29) is 28.5 Å². The third-order valence-corrected chi connectivity index (χ3v) is 7.61. The number of rotatable bonds is 5. The molecule has 1 saturated heterocycles. The van der Waals surface area contributed by atoms with Gasteiger partial charge >= 0.3 is 0 Å². The second-order valence-corrected chi connectivity index (χ2v) is 9.67. The summed E-state index contributed by atoms with van der Waals surface area (Å²) < 4.78 is 28.3. The molecule has 1 amide bonds. The molecule has 32 heavy (non-hydrogen) atoms. The van der Waals surface area contributed by atoms with Gasteiger partial charge < -0.3 is 10.3 Å². The summed E-state index contributed by atoms with van der Waals surface area (Å²) in [6.07, 6.45) is 3.18. The van der Waals surface area contributed by atoms with E-state index in [1.54, 1.807) is 48.5 Å². The van der Waals surface area contributed by atoms with Crippen molar-refractivity contribution in [3.8, 4) is 0 Å². The van der Waals surface area contributed by atoms with Gasteiger partial charge in [-0.15, -0.1) is 0 Å². The van der Waals surface area contributed by atoms with Crippen LogP contribution in [0.2, 0.25) is 0 Å². The van der Waals surface area contributed by atoms with Crippen LogP contribution >= 0.6 is 0 Å². The fraction of sp³-hybridized carbons (Fsp3) is 0.227. The van der Waals surface area contributed by atoms with Crippen LogP contribution in [-0.2, 0) is 16.6 Å². The third-order valence-electron chi connectivity index (χ3n) is 5.70. The molecule has 0 radical (unpaired) electrons. The van der Waals surface area contributed by atoms with Crippen molar-refractivity contribution in [3.05, 3.63) is 76.2 Å². The van der Waals surface area contributed by atoms with Crippen LogP contribution in [-0.4, -0.2) is 46.3 Å². The van der Waals surface area contributed by atoms with Crippen molar-refractivity contribution in [1.29, 1.82) is 0 Å². The minimum absolute atomic E-state index is 0.206. The minimum Gasteiger partial charge on any atom is -0.348 e. The van der Waals surface area contributed by atoms with Crippen molar-refractivity contribution in [2.75, 3.05) is 13.1 Å². The van der Waals surface area contributed by atoms with Gasteiger partial charge in [-0.25, -0.2) is 12.9 Å². The predicted octanol–water partition coefficient (Wildman–Crippen LogP) is 1.89. The average Bonchev–Trinajstić information content (AvgIpc) is 3.49. The first-order chi connectivity index (χ1) is 15.4. The molecule has 0 bridgehead atoms. The van der Waals surface area contributed by atoms with Crippen molar-refractivity contribution in [1.82, 2.24) is 24.2 Å². The zero-order valence-electron chi connectivity index (χ0n) is 17.1. The number of hydrogen-bond donors (Lipinski definition) is 2. The maximum atomic E-state index is 12.8. The molecule has 4 aromatic rings. The van der Waals surface area contributed by atoms with Gasteiger partial charge in [0.1, 0.15) is 11.2 Å². The van der Waals surface area contributed by atoms with Gasteiger partial charge in [0.15, 0.2) is 0 Å². The fourth-order valence-corrected chi connectivity index (χ4v) is 5.49. The predicted molar refractivity (Wildman–Crippen MR) is 119 cm³/mol. The summed E-state index contributed by atoms with van der Waals surface area (Å²) in [6, 6.07) is 13.5. The first-order valence-electron chi connectivity index (χ1n) is 10.3. The van der Waals surface area contributed by atoms with Gasteiger partial charge in [0.05, 0.1) is 22.0 Å².